The summed E-state index contributed by atoms with van der Waals surface area (Å²) in [7, 11) is 0. The number of quaternary nitrogens is 1. The molecule has 6 rings (SSSR count). The van der Waals surface area contributed by atoms with E-state index >= 15 is 0 Å². The van der Waals surface area contributed by atoms with E-state index in [0.717, 1.165) is 44.6 Å². The van der Waals surface area contributed by atoms with Gasteiger partial charge in [-0.15, -0.1) is 11.3 Å². The molecule has 1 amide bonds. The van der Waals surface area contributed by atoms with Gasteiger partial charge in [0.1, 0.15) is 6.54 Å². The number of nitrogens with zero attached hydrogens (tertiary/aromatic N) is 2. The zero-order valence-corrected chi connectivity index (χ0v) is 21.8. The van der Waals surface area contributed by atoms with Gasteiger partial charge in [0.15, 0.2) is 6.10 Å². The number of hydrogen-bond donors (Lipinski definition) is 0. The number of piperidine rings is 3. The standard InChI is InChI=1S/C28H32BrN2O2S/c29-27-14-13-25(34-27)20-30(24-11-5-2-6-12-24)28(32)33-26-21-31(18-15-23(26)16-19-31)17-7-10-22-8-3-1-4-9-22/h1-6,8-9,11-14,23,26H,7,10,15-21H2/q+1/t23?,26-,31?/m0/s1. The highest BCUT2D eigenvalue weighted by atomic mass is 79.9. The Labute approximate surface area is 214 Å². The fourth-order valence-electron chi connectivity index (χ4n) is 5.59. The van der Waals surface area contributed by atoms with Gasteiger partial charge in [-0.1, -0.05) is 48.5 Å². The van der Waals surface area contributed by atoms with Crippen LogP contribution in [-0.2, 0) is 17.7 Å². The topological polar surface area (TPSA) is 29.5 Å². The number of carbonyl (C=O) groups is 1. The van der Waals surface area contributed by atoms with Crippen LogP contribution < -0.4 is 4.90 Å². The van der Waals surface area contributed by atoms with E-state index in [0.29, 0.717) is 12.5 Å². The van der Waals surface area contributed by atoms with Crippen molar-refractivity contribution in [3.8, 4) is 0 Å². The van der Waals surface area contributed by atoms with Crippen molar-refractivity contribution in [3.63, 3.8) is 0 Å². The molecule has 0 saturated carbocycles. The van der Waals surface area contributed by atoms with Crippen molar-refractivity contribution < 1.29 is 14.0 Å². The Morgan fingerprint density at radius 3 is 2.38 bits per heavy atom. The molecule has 1 aromatic heterocycles. The SMILES string of the molecule is O=C(O[C@H]1C[N+]2(CCCc3ccccc3)CCC1CC2)N(Cc1ccc(Br)s1)c1ccccc1. The van der Waals surface area contributed by atoms with Gasteiger partial charge < -0.3 is 9.22 Å². The number of anilines is 1. The molecule has 0 unspecified atom stereocenters. The second-order valence-corrected chi connectivity index (χ2v) is 12.2. The number of rotatable bonds is 8. The Balaban J connectivity index is 1.25. The predicted molar refractivity (Wildman–Crippen MR) is 142 cm³/mol. The van der Waals surface area contributed by atoms with Gasteiger partial charge in [-0.25, -0.2) is 4.79 Å². The Bertz CT molecular complexity index is 1080. The van der Waals surface area contributed by atoms with Gasteiger partial charge in [0.25, 0.3) is 0 Å². The number of benzene rings is 2. The van der Waals surface area contributed by atoms with Crippen LogP contribution in [0.5, 0.6) is 0 Å². The summed E-state index contributed by atoms with van der Waals surface area (Å²) in [6, 6.07) is 24.8. The molecule has 0 spiro atoms. The minimum absolute atomic E-state index is 0.00742. The van der Waals surface area contributed by atoms with Crippen molar-refractivity contribution in [2.75, 3.05) is 31.1 Å². The van der Waals surface area contributed by atoms with Crippen LogP contribution >= 0.6 is 27.3 Å². The molecule has 3 aliphatic heterocycles. The highest BCUT2D eigenvalue weighted by Gasteiger charge is 2.47. The van der Waals surface area contributed by atoms with Gasteiger partial charge >= 0.3 is 6.09 Å². The highest BCUT2D eigenvalue weighted by molar-refractivity contribution is 9.11. The number of hydrogen-bond acceptors (Lipinski definition) is 3. The summed E-state index contributed by atoms with van der Waals surface area (Å²) >= 11 is 5.20. The van der Waals surface area contributed by atoms with Crippen molar-refractivity contribution in [1.29, 1.82) is 0 Å². The number of fused-ring (bicyclic) bond motifs is 3. The first kappa shape index (κ1) is 23.6. The van der Waals surface area contributed by atoms with Crippen molar-refractivity contribution in [1.82, 2.24) is 0 Å². The summed E-state index contributed by atoms with van der Waals surface area (Å²) in [6.45, 7) is 5.09. The molecular weight excluding hydrogens is 508 g/mol. The maximum atomic E-state index is 13.5. The van der Waals surface area contributed by atoms with Crippen molar-refractivity contribution in [3.05, 3.63) is 87.0 Å². The average molecular weight is 541 g/mol. The van der Waals surface area contributed by atoms with Gasteiger partial charge in [-0.2, -0.15) is 0 Å². The lowest BCUT2D eigenvalue weighted by Crippen LogP contribution is -2.65. The molecule has 3 fully saturated rings. The molecule has 6 heteroatoms. The number of halogens is 1. The molecule has 3 saturated heterocycles. The number of aryl methyl sites for hydroxylation is 1. The van der Waals surface area contributed by atoms with Crippen LogP contribution in [0, 0.1) is 5.92 Å². The third-order valence-corrected chi connectivity index (χ3v) is 9.07. The summed E-state index contributed by atoms with van der Waals surface area (Å²) < 4.78 is 8.45. The Morgan fingerprint density at radius 2 is 1.71 bits per heavy atom. The van der Waals surface area contributed by atoms with Crippen molar-refractivity contribution >= 4 is 39.0 Å². The zero-order chi connectivity index (χ0) is 23.4. The van der Waals surface area contributed by atoms with Crippen LogP contribution in [0.2, 0.25) is 0 Å². The fourth-order valence-corrected chi connectivity index (χ4v) is 7.06. The van der Waals surface area contributed by atoms with Gasteiger partial charge in [0.05, 0.1) is 30.0 Å². The molecule has 4 heterocycles. The number of ether oxygens (including phenoxy) is 1. The minimum Gasteiger partial charge on any atom is -0.440 e. The van der Waals surface area contributed by atoms with E-state index < -0.39 is 0 Å². The average Bonchev–Trinajstić information content (AvgIpc) is 3.29. The summed E-state index contributed by atoms with van der Waals surface area (Å²) in [4.78, 5) is 16.4. The van der Waals surface area contributed by atoms with Crippen molar-refractivity contribution in [2.24, 2.45) is 5.92 Å². The van der Waals surface area contributed by atoms with Crippen LogP contribution in [0.3, 0.4) is 0 Å². The normalized spacial score (nSPS) is 23.6. The van der Waals surface area contributed by atoms with Crippen LogP contribution in [-0.4, -0.2) is 42.9 Å². The Morgan fingerprint density at radius 1 is 1.00 bits per heavy atom. The van der Waals surface area contributed by atoms with E-state index in [1.54, 1.807) is 16.2 Å². The lowest BCUT2D eigenvalue weighted by molar-refractivity contribution is -0.946. The molecule has 3 aliphatic rings. The molecule has 4 nitrogen and oxygen atoms in total. The first-order chi connectivity index (χ1) is 16.6. The lowest BCUT2D eigenvalue weighted by atomic mass is 9.83. The zero-order valence-electron chi connectivity index (χ0n) is 19.4. The first-order valence-electron chi connectivity index (χ1n) is 12.3. The highest BCUT2D eigenvalue weighted by Crippen LogP contribution is 2.36. The van der Waals surface area contributed by atoms with Crippen LogP contribution in [0.15, 0.2) is 76.6 Å². The van der Waals surface area contributed by atoms with Gasteiger partial charge in [0, 0.05) is 35.7 Å². The maximum Gasteiger partial charge on any atom is 0.415 e. The molecule has 2 bridgehead atoms. The smallest absolute Gasteiger partial charge is 0.415 e. The fraction of sp³-hybridized carbons (Fsp3) is 0.393. The predicted octanol–water partition coefficient (Wildman–Crippen LogP) is 6.90. The lowest BCUT2D eigenvalue weighted by Gasteiger charge is -2.52. The van der Waals surface area contributed by atoms with Crippen LogP contribution in [0.25, 0.3) is 0 Å². The largest absolute Gasteiger partial charge is 0.440 e. The van der Waals surface area contributed by atoms with E-state index in [1.807, 2.05) is 36.4 Å². The number of thiophene rings is 1. The molecule has 1 atom stereocenters. The second-order valence-electron chi connectivity index (χ2n) is 9.67. The summed E-state index contributed by atoms with van der Waals surface area (Å²) in [5.74, 6) is 0.492. The Hall–Kier alpha value is -2.15. The number of carbonyl (C=O) groups excluding carboxylic acids is 1. The van der Waals surface area contributed by atoms with E-state index in [4.69, 9.17) is 4.74 Å². The van der Waals surface area contributed by atoms with E-state index in [-0.39, 0.29) is 12.2 Å². The molecular formula is C28H32BrN2O2S+. The van der Waals surface area contributed by atoms with E-state index in [2.05, 4.69) is 52.3 Å². The quantitative estimate of drug-likeness (QED) is 0.291. The first-order valence-corrected chi connectivity index (χ1v) is 13.9. The summed E-state index contributed by atoms with van der Waals surface area (Å²) in [6.07, 6.45) is 4.40. The minimum atomic E-state index is -0.225. The number of para-hydroxylation sites is 1. The van der Waals surface area contributed by atoms with Crippen LogP contribution in [0.1, 0.15) is 29.7 Å². The monoisotopic (exact) mass is 539 g/mol. The third-order valence-electron chi connectivity index (χ3n) is 7.47. The van der Waals surface area contributed by atoms with E-state index in [9.17, 15) is 4.79 Å². The molecule has 2 aromatic carbocycles. The van der Waals surface area contributed by atoms with E-state index in [1.165, 1.54) is 31.6 Å². The summed E-state index contributed by atoms with van der Waals surface area (Å²) in [5.41, 5.74) is 2.29. The second kappa shape index (κ2) is 10.6. The molecule has 3 aromatic rings. The molecule has 34 heavy (non-hydrogen) atoms. The number of amides is 1. The van der Waals surface area contributed by atoms with Gasteiger partial charge in [0.2, 0.25) is 0 Å². The third kappa shape index (κ3) is 5.56. The summed E-state index contributed by atoms with van der Waals surface area (Å²) in [5, 5.41) is 0. The molecule has 0 aliphatic carbocycles. The maximum absolute atomic E-state index is 13.5. The molecule has 0 N–H and O–H groups in total. The van der Waals surface area contributed by atoms with Crippen molar-refractivity contribution in [2.45, 2.75) is 38.3 Å². The molecule has 0 radical (unpaired) electrons. The van der Waals surface area contributed by atoms with Gasteiger partial charge in [-0.3, -0.25) is 4.90 Å². The van der Waals surface area contributed by atoms with Crippen LogP contribution in [0.4, 0.5) is 10.5 Å². The Kier molecular flexibility index (Phi) is 7.37. The molecule has 178 valence electrons. The van der Waals surface area contributed by atoms with Gasteiger partial charge in [-0.05, 0) is 52.2 Å².